The molecule has 3 rings (SSSR count). The highest BCUT2D eigenvalue weighted by molar-refractivity contribution is 7.19. The molecule has 12 heavy (non-hydrogen) atoms. The second kappa shape index (κ2) is 2.36. The molecule has 1 aromatic heterocycles. The average molecular weight is 201 g/mol. The van der Waals surface area contributed by atoms with Gasteiger partial charge < -0.3 is 4.90 Å². The quantitative estimate of drug-likeness (QED) is 0.692. The molecule has 0 spiro atoms. The zero-order chi connectivity index (χ0) is 8.13. The summed E-state index contributed by atoms with van der Waals surface area (Å²) in [4.78, 5) is 6.69. The second-order valence-corrected chi connectivity index (χ2v) is 5.13. The van der Waals surface area contributed by atoms with Crippen LogP contribution in [0.2, 0.25) is 4.34 Å². The highest BCUT2D eigenvalue weighted by Gasteiger charge is 2.47. The number of anilines is 1. The standard InChI is InChI=1S/C8H9ClN2S/c9-7-4-10-8(12-7)11-2-1-5-3-6(5)11/h4-6H,1-3H2. The fourth-order valence-corrected chi connectivity index (χ4v) is 3.00. The molecule has 2 unspecified atom stereocenters. The Labute approximate surface area is 80.2 Å². The number of fused-ring (bicyclic) bond motifs is 1. The molecule has 2 nitrogen and oxygen atoms in total. The van der Waals surface area contributed by atoms with Crippen molar-refractivity contribution in [2.75, 3.05) is 11.4 Å². The van der Waals surface area contributed by atoms with Crippen LogP contribution in [0.3, 0.4) is 0 Å². The molecule has 4 heteroatoms. The van der Waals surface area contributed by atoms with Gasteiger partial charge in [0.1, 0.15) is 4.34 Å². The van der Waals surface area contributed by atoms with Gasteiger partial charge in [-0.3, -0.25) is 0 Å². The van der Waals surface area contributed by atoms with Gasteiger partial charge in [-0.1, -0.05) is 22.9 Å². The van der Waals surface area contributed by atoms with Crippen molar-refractivity contribution in [2.24, 2.45) is 5.92 Å². The van der Waals surface area contributed by atoms with Gasteiger partial charge >= 0.3 is 0 Å². The Bertz CT molecular complexity index is 312. The molecule has 0 bridgehead atoms. The lowest BCUT2D eigenvalue weighted by Crippen LogP contribution is -2.21. The molecular formula is C8H9ClN2S. The van der Waals surface area contributed by atoms with Crippen LogP contribution in [-0.4, -0.2) is 17.6 Å². The van der Waals surface area contributed by atoms with Crippen molar-refractivity contribution in [3.05, 3.63) is 10.5 Å². The van der Waals surface area contributed by atoms with Crippen LogP contribution >= 0.6 is 22.9 Å². The summed E-state index contributed by atoms with van der Waals surface area (Å²) in [6, 6.07) is 0.798. The number of thiazole rings is 1. The molecule has 1 aliphatic carbocycles. The summed E-state index contributed by atoms with van der Waals surface area (Å²) in [5.74, 6) is 0.965. The SMILES string of the molecule is Clc1cnc(N2CCC3CC32)s1. The largest absolute Gasteiger partial charge is 0.345 e. The van der Waals surface area contributed by atoms with E-state index in [0.717, 1.165) is 21.4 Å². The smallest absolute Gasteiger partial charge is 0.186 e. The Hall–Kier alpha value is -0.280. The van der Waals surface area contributed by atoms with Crippen LogP contribution in [0.15, 0.2) is 6.20 Å². The number of nitrogens with zero attached hydrogens (tertiary/aromatic N) is 2. The first-order valence-corrected chi connectivity index (χ1v) is 5.42. The van der Waals surface area contributed by atoms with Gasteiger partial charge in [0.25, 0.3) is 0 Å². The predicted molar refractivity (Wildman–Crippen MR) is 51.0 cm³/mol. The molecule has 64 valence electrons. The minimum absolute atomic E-state index is 0.798. The second-order valence-electron chi connectivity index (χ2n) is 3.49. The minimum Gasteiger partial charge on any atom is -0.345 e. The Morgan fingerprint density at radius 1 is 1.67 bits per heavy atom. The molecule has 1 saturated heterocycles. The Morgan fingerprint density at radius 2 is 2.58 bits per heavy atom. The molecule has 2 atom stereocenters. The van der Waals surface area contributed by atoms with Gasteiger partial charge in [0.05, 0.1) is 6.20 Å². The van der Waals surface area contributed by atoms with E-state index < -0.39 is 0 Å². The molecule has 1 saturated carbocycles. The summed E-state index contributed by atoms with van der Waals surface area (Å²) in [5.41, 5.74) is 0. The van der Waals surface area contributed by atoms with Crippen LogP contribution in [0.4, 0.5) is 5.13 Å². The molecule has 2 heterocycles. The highest BCUT2D eigenvalue weighted by atomic mass is 35.5. The summed E-state index contributed by atoms with van der Waals surface area (Å²) < 4.78 is 0.800. The molecule has 0 N–H and O–H groups in total. The first-order chi connectivity index (χ1) is 5.84. The molecule has 1 aromatic rings. The Kier molecular flexibility index (Phi) is 1.41. The van der Waals surface area contributed by atoms with Gasteiger partial charge in [0, 0.05) is 12.6 Å². The van der Waals surface area contributed by atoms with Crippen molar-refractivity contribution in [1.82, 2.24) is 4.98 Å². The fourth-order valence-electron chi connectivity index (χ4n) is 2.01. The zero-order valence-electron chi connectivity index (χ0n) is 6.53. The van der Waals surface area contributed by atoms with Crippen LogP contribution < -0.4 is 4.90 Å². The molecule has 0 radical (unpaired) electrons. The van der Waals surface area contributed by atoms with Crippen molar-refractivity contribution in [2.45, 2.75) is 18.9 Å². The van der Waals surface area contributed by atoms with E-state index in [2.05, 4.69) is 9.88 Å². The van der Waals surface area contributed by atoms with Crippen LogP contribution in [0.5, 0.6) is 0 Å². The monoisotopic (exact) mass is 200 g/mol. The molecular weight excluding hydrogens is 192 g/mol. The third-order valence-corrected chi connectivity index (χ3v) is 3.89. The Balaban J connectivity index is 1.88. The van der Waals surface area contributed by atoms with Gasteiger partial charge in [0.2, 0.25) is 0 Å². The van der Waals surface area contributed by atoms with Gasteiger partial charge in [-0.25, -0.2) is 4.98 Å². The number of hydrogen-bond donors (Lipinski definition) is 0. The molecule has 2 fully saturated rings. The first-order valence-electron chi connectivity index (χ1n) is 4.22. The average Bonchev–Trinajstić information content (AvgIpc) is 2.53. The van der Waals surface area contributed by atoms with E-state index in [1.807, 2.05) is 0 Å². The lowest BCUT2D eigenvalue weighted by molar-refractivity contribution is 0.797. The van der Waals surface area contributed by atoms with Crippen molar-refractivity contribution in [3.63, 3.8) is 0 Å². The summed E-state index contributed by atoms with van der Waals surface area (Å²) in [6.07, 6.45) is 4.47. The maximum absolute atomic E-state index is 5.83. The van der Waals surface area contributed by atoms with Gasteiger partial charge in [-0.15, -0.1) is 0 Å². The van der Waals surface area contributed by atoms with Crippen molar-refractivity contribution >= 4 is 28.1 Å². The summed E-state index contributed by atoms with van der Waals surface area (Å²) in [6.45, 7) is 1.18. The van der Waals surface area contributed by atoms with Gasteiger partial charge in [0.15, 0.2) is 5.13 Å². The van der Waals surface area contributed by atoms with Crippen LogP contribution in [0.25, 0.3) is 0 Å². The number of piperidine rings is 1. The summed E-state index contributed by atoms with van der Waals surface area (Å²) in [5, 5.41) is 1.12. The van der Waals surface area contributed by atoms with Crippen LogP contribution in [0, 0.1) is 5.92 Å². The number of rotatable bonds is 1. The zero-order valence-corrected chi connectivity index (χ0v) is 8.11. The minimum atomic E-state index is 0.798. The number of hydrogen-bond acceptors (Lipinski definition) is 3. The van der Waals surface area contributed by atoms with Crippen LogP contribution in [0.1, 0.15) is 12.8 Å². The van der Waals surface area contributed by atoms with E-state index in [1.165, 1.54) is 19.4 Å². The predicted octanol–water partition coefficient (Wildman–Crippen LogP) is 2.40. The molecule has 2 aliphatic rings. The fraction of sp³-hybridized carbons (Fsp3) is 0.625. The molecule has 0 amide bonds. The first kappa shape index (κ1) is 7.15. The van der Waals surface area contributed by atoms with Crippen LogP contribution in [-0.2, 0) is 0 Å². The third-order valence-electron chi connectivity index (χ3n) is 2.74. The van der Waals surface area contributed by atoms with Gasteiger partial charge in [-0.2, -0.15) is 0 Å². The Morgan fingerprint density at radius 3 is 3.08 bits per heavy atom. The van der Waals surface area contributed by atoms with E-state index >= 15 is 0 Å². The summed E-state index contributed by atoms with van der Waals surface area (Å²) in [7, 11) is 0. The maximum atomic E-state index is 5.83. The topological polar surface area (TPSA) is 16.1 Å². The normalized spacial score (nSPS) is 32.2. The van der Waals surface area contributed by atoms with Crippen molar-refractivity contribution in [1.29, 1.82) is 0 Å². The highest BCUT2D eigenvalue weighted by Crippen LogP contribution is 2.47. The van der Waals surface area contributed by atoms with E-state index in [4.69, 9.17) is 11.6 Å². The van der Waals surface area contributed by atoms with E-state index in [-0.39, 0.29) is 0 Å². The lowest BCUT2D eigenvalue weighted by Gasteiger charge is -2.15. The third kappa shape index (κ3) is 0.962. The lowest BCUT2D eigenvalue weighted by atomic mass is 10.3. The molecule has 1 aliphatic heterocycles. The molecule has 0 aromatic carbocycles. The number of halogens is 1. The number of aromatic nitrogens is 1. The van der Waals surface area contributed by atoms with E-state index in [1.54, 1.807) is 17.5 Å². The summed E-state index contributed by atoms with van der Waals surface area (Å²) >= 11 is 7.43. The van der Waals surface area contributed by atoms with Gasteiger partial charge in [-0.05, 0) is 18.8 Å². The van der Waals surface area contributed by atoms with E-state index in [0.29, 0.717) is 0 Å². The maximum Gasteiger partial charge on any atom is 0.186 e. The van der Waals surface area contributed by atoms with Crippen molar-refractivity contribution in [3.8, 4) is 0 Å². The van der Waals surface area contributed by atoms with Crippen molar-refractivity contribution < 1.29 is 0 Å². The van der Waals surface area contributed by atoms with E-state index in [9.17, 15) is 0 Å².